The third kappa shape index (κ3) is 4.33. The van der Waals surface area contributed by atoms with Crippen molar-refractivity contribution in [2.75, 3.05) is 33.0 Å². The van der Waals surface area contributed by atoms with Gasteiger partial charge in [0.05, 0.1) is 43.0 Å². The standard InChI is InChI=1S/C29H27N3O3/c1-20-6-9-22(10-7-20)26-17-24(23-4-2-3-5-25(23)30-26)29(33)32-14-12-31(13-15-32)18-21-8-11-27-28(16-21)35-19-34-27/h2-11,16-17H,12-15,18-19H2,1H3/p+1. The number of para-hydroxylation sites is 1. The van der Waals surface area contributed by atoms with Crippen LogP contribution >= 0.6 is 0 Å². The summed E-state index contributed by atoms with van der Waals surface area (Å²) in [5.41, 5.74) is 5.86. The first-order valence-corrected chi connectivity index (χ1v) is 12.1. The molecule has 0 aliphatic carbocycles. The molecule has 1 N–H and O–H groups in total. The summed E-state index contributed by atoms with van der Waals surface area (Å²) in [5.74, 6) is 1.72. The first-order valence-electron chi connectivity index (χ1n) is 12.1. The summed E-state index contributed by atoms with van der Waals surface area (Å²) in [6.45, 7) is 6.56. The Morgan fingerprint density at radius 3 is 2.54 bits per heavy atom. The minimum absolute atomic E-state index is 0.0825. The number of ether oxygens (including phenoxy) is 2. The SMILES string of the molecule is Cc1ccc(-c2cc(C(=O)N3CC[NH+](Cc4ccc5c(c4)OCO5)CC3)c3ccccc3n2)cc1. The summed E-state index contributed by atoms with van der Waals surface area (Å²) in [4.78, 5) is 22.0. The Kier molecular flexibility index (Phi) is 5.58. The fraction of sp³-hybridized carbons (Fsp3) is 0.241. The van der Waals surface area contributed by atoms with E-state index in [4.69, 9.17) is 14.5 Å². The highest BCUT2D eigenvalue weighted by atomic mass is 16.7. The Morgan fingerprint density at radius 2 is 1.71 bits per heavy atom. The maximum Gasteiger partial charge on any atom is 0.255 e. The zero-order valence-corrected chi connectivity index (χ0v) is 19.8. The van der Waals surface area contributed by atoms with Crippen LogP contribution in [0.2, 0.25) is 0 Å². The Morgan fingerprint density at radius 1 is 0.943 bits per heavy atom. The van der Waals surface area contributed by atoms with Gasteiger partial charge in [0.15, 0.2) is 11.5 Å². The number of carbonyl (C=O) groups excluding carboxylic acids is 1. The minimum Gasteiger partial charge on any atom is -0.454 e. The molecule has 2 aliphatic heterocycles. The van der Waals surface area contributed by atoms with Gasteiger partial charge in [0.2, 0.25) is 6.79 Å². The number of fused-ring (bicyclic) bond motifs is 2. The van der Waals surface area contributed by atoms with Crippen LogP contribution in [0.4, 0.5) is 0 Å². The molecule has 3 aromatic carbocycles. The molecule has 0 bridgehead atoms. The van der Waals surface area contributed by atoms with E-state index in [2.05, 4.69) is 43.3 Å². The molecule has 0 unspecified atom stereocenters. The van der Waals surface area contributed by atoms with Gasteiger partial charge < -0.3 is 19.3 Å². The van der Waals surface area contributed by atoms with Crippen molar-refractivity contribution in [1.29, 1.82) is 0 Å². The fourth-order valence-corrected chi connectivity index (χ4v) is 4.94. The average Bonchev–Trinajstić information content (AvgIpc) is 3.36. The first-order chi connectivity index (χ1) is 17.1. The van der Waals surface area contributed by atoms with Crippen molar-refractivity contribution in [3.8, 4) is 22.8 Å². The second-order valence-corrected chi connectivity index (χ2v) is 9.34. The Balaban J connectivity index is 1.20. The van der Waals surface area contributed by atoms with E-state index in [1.54, 1.807) is 0 Å². The molecule has 0 saturated carbocycles. The molecular weight excluding hydrogens is 438 g/mol. The van der Waals surface area contributed by atoms with E-state index in [9.17, 15) is 4.79 Å². The second kappa shape index (κ2) is 9.04. The third-order valence-electron chi connectivity index (χ3n) is 6.94. The van der Waals surface area contributed by atoms with Crippen LogP contribution < -0.4 is 14.4 Å². The van der Waals surface area contributed by atoms with Crippen LogP contribution in [0.25, 0.3) is 22.2 Å². The predicted molar refractivity (Wildman–Crippen MR) is 135 cm³/mol. The zero-order valence-electron chi connectivity index (χ0n) is 19.8. The molecule has 0 radical (unpaired) electrons. The van der Waals surface area contributed by atoms with Gasteiger partial charge in [0.1, 0.15) is 6.54 Å². The van der Waals surface area contributed by atoms with Gasteiger partial charge in [-0.15, -0.1) is 0 Å². The van der Waals surface area contributed by atoms with E-state index >= 15 is 0 Å². The van der Waals surface area contributed by atoms with Crippen molar-refractivity contribution < 1.29 is 19.2 Å². The molecule has 35 heavy (non-hydrogen) atoms. The number of hydrogen-bond acceptors (Lipinski definition) is 4. The van der Waals surface area contributed by atoms with E-state index < -0.39 is 0 Å². The number of rotatable bonds is 4. The molecule has 1 aromatic heterocycles. The van der Waals surface area contributed by atoms with Crippen LogP contribution in [0.1, 0.15) is 21.5 Å². The van der Waals surface area contributed by atoms with Crippen molar-refractivity contribution >= 4 is 16.8 Å². The third-order valence-corrected chi connectivity index (χ3v) is 6.94. The molecule has 6 rings (SSSR count). The predicted octanol–water partition coefficient (Wildman–Crippen LogP) is 3.48. The van der Waals surface area contributed by atoms with E-state index in [-0.39, 0.29) is 5.91 Å². The lowest BCUT2D eigenvalue weighted by atomic mass is 10.0. The normalized spacial score (nSPS) is 15.5. The molecule has 6 nitrogen and oxygen atoms in total. The van der Waals surface area contributed by atoms with Crippen LogP contribution in [0.3, 0.4) is 0 Å². The van der Waals surface area contributed by atoms with Crippen LogP contribution in [0, 0.1) is 6.92 Å². The van der Waals surface area contributed by atoms with Crippen molar-refractivity contribution in [1.82, 2.24) is 9.88 Å². The Bertz CT molecular complexity index is 1390. The number of aromatic nitrogens is 1. The van der Waals surface area contributed by atoms with Gasteiger partial charge >= 0.3 is 0 Å². The lowest BCUT2D eigenvalue weighted by Gasteiger charge is -2.32. The van der Waals surface area contributed by atoms with Crippen LogP contribution in [0.5, 0.6) is 11.5 Å². The van der Waals surface area contributed by atoms with Crippen molar-refractivity contribution in [3.05, 3.63) is 89.5 Å². The lowest BCUT2D eigenvalue weighted by molar-refractivity contribution is -0.917. The molecule has 2 aliphatic rings. The molecule has 6 heteroatoms. The van der Waals surface area contributed by atoms with Crippen molar-refractivity contribution in [2.45, 2.75) is 13.5 Å². The smallest absolute Gasteiger partial charge is 0.255 e. The molecule has 0 spiro atoms. The maximum absolute atomic E-state index is 13.7. The largest absolute Gasteiger partial charge is 0.454 e. The van der Waals surface area contributed by atoms with Gasteiger partial charge in [-0.05, 0) is 37.3 Å². The number of nitrogens with one attached hydrogen (secondary N) is 1. The number of piperazine rings is 1. The number of nitrogens with zero attached hydrogens (tertiary/aromatic N) is 2. The number of amides is 1. The van der Waals surface area contributed by atoms with Crippen LogP contribution in [0.15, 0.2) is 72.8 Å². The highest BCUT2D eigenvalue weighted by Crippen LogP contribution is 2.32. The van der Waals surface area contributed by atoms with Gasteiger partial charge in [-0.2, -0.15) is 0 Å². The molecule has 176 valence electrons. The maximum atomic E-state index is 13.7. The zero-order chi connectivity index (χ0) is 23.8. The van der Waals surface area contributed by atoms with Crippen LogP contribution in [-0.4, -0.2) is 48.8 Å². The monoisotopic (exact) mass is 466 g/mol. The van der Waals surface area contributed by atoms with E-state index in [1.165, 1.54) is 16.0 Å². The quantitative estimate of drug-likeness (QED) is 0.500. The minimum atomic E-state index is 0.0825. The van der Waals surface area contributed by atoms with Gasteiger partial charge in [-0.1, -0.05) is 48.0 Å². The Hall–Kier alpha value is -3.90. The summed E-state index contributed by atoms with van der Waals surface area (Å²) < 4.78 is 10.9. The van der Waals surface area contributed by atoms with Crippen molar-refractivity contribution in [3.63, 3.8) is 0 Å². The average molecular weight is 467 g/mol. The Labute approximate surface area is 204 Å². The van der Waals surface area contributed by atoms with Gasteiger partial charge in [-0.25, -0.2) is 4.98 Å². The number of pyridine rings is 1. The summed E-state index contributed by atoms with van der Waals surface area (Å²) >= 11 is 0. The summed E-state index contributed by atoms with van der Waals surface area (Å²) in [6, 6.07) is 24.3. The summed E-state index contributed by atoms with van der Waals surface area (Å²) in [7, 11) is 0. The number of benzene rings is 3. The van der Waals surface area contributed by atoms with Gasteiger partial charge in [0, 0.05) is 16.5 Å². The van der Waals surface area contributed by atoms with Crippen LogP contribution in [-0.2, 0) is 6.54 Å². The number of carbonyl (C=O) groups is 1. The number of hydrogen-bond donors (Lipinski definition) is 1. The molecule has 1 amide bonds. The molecular formula is C29H28N3O3+. The highest BCUT2D eigenvalue weighted by molar-refractivity contribution is 6.07. The lowest BCUT2D eigenvalue weighted by Crippen LogP contribution is -3.13. The van der Waals surface area contributed by atoms with Gasteiger partial charge in [0.25, 0.3) is 5.91 Å². The molecule has 0 atom stereocenters. The highest BCUT2D eigenvalue weighted by Gasteiger charge is 2.27. The van der Waals surface area contributed by atoms with Gasteiger partial charge in [-0.3, -0.25) is 4.79 Å². The fourth-order valence-electron chi connectivity index (χ4n) is 4.94. The number of quaternary nitrogens is 1. The second-order valence-electron chi connectivity index (χ2n) is 9.34. The molecule has 1 fully saturated rings. The molecule has 1 saturated heterocycles. The summed E-state index contributed by atoms with van der Waals surface area (Å²) in [5, 5.41) is 0.906. The van der Waals surface area contributed by atoms with E-state index in [1.807, 2.05) is 41.3 Å². The molecule has 4 aromatic rings. The summed E-state index contributed by atoms with van der Waals surface area (Å²) in [6.07, 6.45) is 0. The molecule has 3 heterocycles. The number of aryl methyl sites for hydroxylation is 1. The van der Waals surface area contributed by atoms with E-state index in [0.717, 1.165) is 71.9 Å². The van der Waals surface area contributed by atoms with Crippen molar-refractivity contribution in [2.24, 2.45) is 0 Å². The topological polar surface area (TPSA) is 56.1 Å². The van der Waals surface area contributed by atoms with E-state index in [0.29, 0.717) is 6.79 Å². The first kappa shape index (κ1) is 21.6.